The monoisotopic (exact) mass is 430 g/mol. The summed E-state index contributed by atoms with van der Waals surface area (Å²) in [5.74, 6) is -1.38. The Balaban J connectivity index is 1.76. The van der Waals surface area contributed by atoms with Gasteiger partial charge in [0.15, 0.2) is 6.61 Å². The summed E-state index contributed by atoms with van der Waals surface area (Å²) in [6.07, 6.45) is 2.12. The molecule has 0 saturated heterocycles. The fourth-order valence-electron chi connectivity index (χ4n) is 2.14. The Hall–Kier alpha value is -3.39. The maximum Gasteiger partial charge on any atom is 0.329 e. The number of carbonyl (C=O) groups is 3. The molecule has 9 heteroatoms. The van der Waals surface area contributed by atoms with Gasteiger partial charge < -0.3 is 15.4 Å². The van der Waals surface area contributed by atoms with Crippen molar-refractivity contribution < 1.29 is 19.1 Å². The molecular weight excluding hydrogens is 408 g/mol. The van der Waals surface area contributed by atoms with E-state index in [9.17, 15) is 14.4 Å². The van der Waals surface area contributed by atoms with E-state index in [4.69, 9.17) is 16.3 Å². The molecule has 8 nitrogen and oxygen atoms in total. The molecule has 2 aromatic carbocycles. The van der Waals surface area contributed by atoms with Crippen molar-refractivity contribution in [3.63, 3.8) is 0 Å². The van der Waals surface area contributed by atoms with Crippen LogP contribution in [-0.2, 0) is 14.4 Å². The van der Waals surface area contributed by atoms with Gasteiger partial charge in [0.2, 0.25) is 0 Å². The van der Waals surface area contributed by atoms with Gasteiger partial charge in [0, 0.05) is 16.8 Å². The number of rotatable bonds is 8. The maximum atomic E-state index is 11.9. The maximum absolute atomic E-state index is 11.9. The average Bonchev–Trinajstić information content (AvgIpc) is 2.74. The number of ether oxygens (including phenoxy) is 1. The fourth-order valence-corrected chi connectivity index (χ4v) is 2.26. The van der Waals surface area contributed by atoms with Crippen LogP contribution in [0.2, 0.25) is 5.02 Å². The van der Waals surface area contributed by atoms with E-state index in [1.165, 1.54) is 6.21 Å². The van der Waals surface area contributed by atoms with Crippen molar-refractivity contribution in [2.24, 2.45) is 5.10 Å². The van der Waals surface area contributed by atoms with Crippen LogP contribution in [0, 0.1) is 0 Å². The SMILES string of the molecule is CC[C@@H](C)NC(=O)C(=O)N/N=C\c1ccc(OCC(=O)Nc2ccc(Cl)cc2)cc1. The summed E-state index contributed by atoms with van der Waals surface area (Å²) in [7, 11) is 0. The summed E-state index contributed by atoms with van der Waals surface area (Å²) < 4.78 is 5.44. The number of hydrogen-bond donors (Lipinski definition) is 3. The predicted octanol–water partition coefficient (Wildman–Crippen LogP) is 2.72. The third-order valence-corrected chi connectivity index (χ3v) is 4.21. The average molecular weight is 431 g/mol. The molecule has 30 heavy (non-hydrogen) atoms. The van der Waals surface area contributed by atoms with E-state index in [2.05, 4.69) is 21.2 Å². The van der Waals surface area contributed by atoms with Crippen LogP contribution in [0.3, 0.4) is 0 Å². The number of benzene rings is 2. The zero-order valence-corrected chi connectivity index (χ0v) is 17.4. The van der Waals surface area contributed by atoms with Gasteiger partial charge >= 0.3 is 11.8 Å². The Morgan fingerprint density at radius 2 is 1.73 bits per heavy atom. The second kappa shape index (κ2) is 11.6. The van der Waals surface area contributed by atoms with Crippen molar-refractivity contribution in [3.8, 4) is 5.75 Å². The Labute approximate surface area is 179 Å². The quantitative estimate of drug-likeness (QED) is 0.340. The largest absolute Gasteiger partial charge is 0.484 e. The molecule has 0 fully saturated rings. The number of hydrazone groups is 1. The summed E-state index contributed by atoms with van der Waals surface area (Å²) >= 11 is 5.80. The van der Waals surface area contributed by atoms with E-state index in [1.54, 1.807) is 55.5 Å². The van der Waals surface area contributed by atoms with Crippen LogP contribution in [0.5, 0.6) is 5.75 Å². The van der Waals surface area contributed by atoms with Crippen molar-refractivity contribution in [1.29, 1.82) is 0 Å². The van der Waals surface area contributed by atoms with Gasteiger partial charge in [-0.2, -0.15) is 5.10 Å². The first kappa shape index (κ1) is 22.9. The van der Waals surface area contributed by atoms with E-state index in [0.717, 1.165) is 6.42 Å². The molecule has 3 amide bonds. The smallest absolute Gasteiger partial charge is 0.329 e. The Bertz CT molecular complexity index is 898. The highest BCUT2D eigenvalue weighted by Crippen LogP contribution is 2.14. The van der Waals surface area contributed by atoms with E-state index in [1.807, 2.05) is 6.92 Å². The van der Waals surface area contributed by atoms with Crippen LogP contribution in [0.25, 0.3) is 0 Å². The van der Waals surface area contributed by atoms with Crippen LogP contribution in [-0.4, -0.2) is 36.6 Å². The van der Waals surface area contributed by atoms with Crippen molar-refractivity contribution >= 4 is 41.2 Å². The molecule has 0 aliphatic heterocycles. The molecule has 0 bridgehead atoms. The molecule has 0 aliphatic carbocycles. The van der Waals surface area contributed by atoms with Gasteiger partial charge in [-0.1, -0.05) is 18.5 Å². The molecule has 2 rings (SSSR count). The Kier molecular flexibility index (Phi) is 8.83. The molecule has 0 heterocycles. The molecular formula is C21H23ClN4O4. The molecule has 1 atom stereocenters. The highest BCUT2D eigenvalue weighted by Gasteiger charge is 2.14. The van der Waals surface area contributed by atoms with Crippen LogP contribution < -0.4 is 20.8 Å². The summed E-state index contributed by atoms with van der Waals surface area (Å²) in [5.41, 5.74) is 3.47. The molecule has 0 radical (unpaired) electrons. The van der Waals surface area contributed by atoms with Gasteiger partial charge in [-0.3, -0.25) is 14.4 Å². The zero-order chi connectivity index (χ0) is 21.9. The number of carbonyl (C=O) groups excluding carboxylic acids is 3. The highest BCUT2D eigenvalue weighted by atomic mass is 35.5. The summed E-state index contributed by atoms with van der Waals surface area (Å²) in [6, 6.07) is 13.4. The molecule has 0 aliphatic rings. The van der Waals surface area contributed by atoms with Crippen molar-refractivity contribution in [2.45, 2.75) is 26.3 Å². The molecule has 0 aromatic heterocycles. The van der Waals surface area contributed by atoms with Crippen molar-refractivity contribution in [2.75, 3.05) is 11.9 Å². The van der Waals surface area contributed by atoms with Gasteiger partial charge in [-0.15, -0.1) is 0 Å². The zero-order valence-electron chi connectivity index (χ0n) is 16.6. The Morgan fingerprint density at radius 1 is 1.07 bits per heavy atom. The highest BCUT2D eigenvalue weighted by molar-refractivity contribution is 6.35. The predicted molar refractivity (Wildman–Crippen MR) is 116 cm³/mol. The Morgan fingerprint density at radius 3 is 2.37 bits per heavy atom. The fraction of sp³-hybridized carbons (Fsp3) is 0.238. The second-order valence-electron chi connectivity index (χ2n) is 6.39. The third-order valence-electron chi connectivity index (χ3n) is 3.95. The van der Waals surface area contributed by atoms with E-state index in [-0.39, 0.29) is 18.6 Å². The van der Waals surface area contributed by atoms with Gasteiger partial charge in [0.1, 0.15) is 5.75 Å². The number of hydrogen-bond acceptors (Lipinski definition) is 5. The lowest BCUT2D eigenvalue weighted by atomic mass is 10.2. The number of nitrogens with one attached hydrogen (secondary N) is 3. The van der Waals surface area contributed by atoms with Gasteiger partial charge in [-0.25, -0.2) is 5.43 Å². The minimum Gasteiger partial charge on any atom is -0.484 e. The molecule has 0 saturated carbocycles. The van der Waals surface area contributed by atoms with E-state index in [0.29, 0.717) is 22.0 Å². The third kappa shape index (κ3) is 7.92. The first-order valence-corrected chi connectivity index (χ1v) is 9.67. The topological polar surface area (TPSA) is 109 Å². The standard InChI is InChI=1S/C21H23ClN4O4/c1-3-14(2)24-20(28)21(29)26-23-12-15-4-10-18(11-5-15)30-13-19(27)25-17-8-6-16(22)7-9-17/h4-12,14H,3,13H2,1-2H3,(H,24,28)(H,25,27)(H,26,29)/b23-12-/t14-/m1/s1. The van der Waals surface area contributed by atoms with Crippen LogP contribution in [0.15, 0.2) is 53.6 Å². The molecule has 0 spiro atoms. The minimum absolute atomic E-state index is 0.0898. The van der Waals surface area contributed by atoms with E-state index >= 15 is 0 Å². The van der Waals surface area contributed by atoms with Crippen LogP contribution in [0.4, 0.5) is 5.69 Å². The lowest BCUT2D eigenvalue weighted by Crippen LogP contribution is -2.41. The molecule has 3 N–H and O–H groups in total. The van der Waals surface area contributed by atoms with Gasteiger partial charge in [0.25, 0.3) is 5.91 Å². The normalized spacial score (nSPS) is 11.6. The lowest BCUT2D eigenvalue weighted by molar-refractivity contribution is -0.139. The number of anilines is 1. The van der Waals surface area contributed by atoms with Gasteiger partial charge in [0.05, 0.1) is 6.21 Å². The summed E-state index contributed by atoms with van der Waals surface area (Å²) in [5, 5.41) is 9.58. The molecule has 2 aromatic rings. The lowest BCUT2D eigenvalue weighted by Gasteiger charge is -2.09. The summed E-state index contributed by atoms with van der Waals surface area (Å²) in [6.45, 7) is 3.55. The number of nitrogens with zero attached hydrogens (tertiary/aromatic N) is 1. The van der Waals surface area contributed by atoms with Crippen molar-refractivity contribution in [3.05, 3.63) is 59.1 Å². The number of amides is 3. The van der Waals surface area contributed by atoms with E-state index < -0.39 is 11.8 Å². The molecule has 0 unspecified atom stereocenters. The van der Waals surface area contributed by atoms with Crippen LogP contribution in [0.1, 0.15) is 25.8 Å². The first-order chi connectivity index (χ1) is 14.4. The number of halogens is 1. The van der Waals surface area contributed by atoms with Crippen LogP contribution >= 0.6 is 11.6 Å². The first-order valence-electron chi connectivity index (χ1n) is 9.29. The van der Waals surface area contributed by atoms with Gasteiger partial charge in [-0.05, 0) is 67.4 Å². The minimum atomic E-state index is -0.835. The summed E-state index contributed by atoms with van der Waals surface area (Å²) in [4.78, 5) is 35.2. The second-order valence-corrected chi connectivity index (χ2v) is 6.83. The van der Waals surface area contributed by atoms with Crippen molar-refractivity contribution in [1.82, 2.24) is 10.7 Å². The molecule has 158 valence electrons.